The molecule has 1 aliphatic rings. The number of hydrogen-bond acceptors (Lipinski definition) is 7. The first-order valence-corrected chi connectivity index (χ1v) is 12.8. The van der Waals surface area contributed by atoms with Crippen LogP contribution in [0.1, 0.15) is 45.1 Å². The predicted molar refractivity (Wildman–Crippen MR) is 117 cm³/mol. The highest BCUT2D eigenvalue weighted by atomic mass is 31.2. The number of esters is 2. The van der Waals surface area contributed by atoms with Gasteiger partial charge in [-0.25, -0.2) is 4.79 Å². The molecule has 32 heavy (non-hydrogen) atoms. The number of hydrogen-bond donors (Lipinski definition) is 1. The van der Waals surface area contributed by atoms with Crippen LogP contribution >= 0.6 is 7.37 Å². The number of rotatable bonds is 11. The van der Waals surface area contributed by atoms with E-state index in [1.165, 1.54) is 4.90 Å². The van der Waals surface area contributed by atoms with Gasteiger partial charge in [-0.05, 0) is 38.7 Å². The molecule has 1 aliphatic heterocycles. The fraction of sp³-hybridized carbons (Fsp3) is 0.591. The number of carbonyl (C=O) groups excluding carboxylic acids is 3. The quantitative estimate of drug-likeness (QED) is 0.297. The lowest BCUT2D eigenvalue weighted by molar-refractivity contribution is -0.148. The van der Waals surface area contributed by atoms with E-state index >= 15 is 0 Å². The first-order chi connectivity index (χ1) is 15.3. The molecule has 3 atom stereocenters. The summed E-state index contributed by atoms with van der Waals surface area (Å²) in [5.74, 6) is -3.01. The van der Waals surface area contributed by atoms with Crippen LogP contribution < -0.4 is 0 Å². The van der Waals surface area contributed by atoms with Crippen LogP contribution in [0.15, 0.2) is 30.3 Å². The maximum Gasteiger partial charge on any atom is 0.410 e. The second-order valence-corrected chi connectivity index (χ2v) is 10.1. The van der Waals surface area contributed by atoms with Crippen molar-refractivity contribution < 1.29 is 38.1 Å². The fourth-order valence-corrected chi connectivity index (χ4v) is 6.13. The number of amides is 1. The first-order valence-electron chi connectivity index (χ1n) is 10.9. The Morgan fingerprint density at radius 3 is 2.47 bits per heavy atom. The van der Waals surface area contributed by atoms with E-state index < -0.39 is 37.1 Å². The number of carbonyl (C=O) groups is 3. The molecule has 0 aliphatic carbocycles. The maximum atomic E-state index is 13.3. The summed E-state index contributed by atoms with van der Waals surface area (Å²) in [6, 6.07) is 9.15. The lowest BCUT2D eigenvalue weighted by Crippen LogP contribution is -2.37. The summed E-state index contributed by atoms with van der Waals surface area (Å²) in [5.41, 5.74) is 0.810. The summed E-state index contributed by atoms with van der Waals surface area (Å²) < 4.78 is 28.5. The SMILES string of the molecule is CCOC(=O)CCC(CP(=O)(O)C1CCCN1C(=O)OCc1ccccc1)C(=O)OCC. The highest BCUT2D eigenvalue weighted by Gasteiger charge is 2.44. The third-order valence-corrected chi connectivity index (χ3v) is 7.66. The van der Waals surface area contributed by atoms with E-state index in [0.29, 0.717) is 19.4 Å². The summed E-state index contributed by atoms with van der Waals surface area (Å²) in [4.78, 5) is 48.8. The smallest absolute Gasteiger partial charge is 0.410 e. The Morgan fingerprint density at radius 1 is 1.12 bits per heavy atom. The van der Waals surface area contributed by atoms with Crippen LogP contribution in [-0.4, -0.2) is 59.5 Å². The van der Waals surface area contributed by atoms with Gasteiger partial charge in [0, 0.05) is 19.1 Å². The third-order valence-electron chi connectivity index (χ3n) is 5.23. The molecule has 1 N–H and O–H groups in total. The molecule has 1 saturated heterocycles. The number of likely N-dealkylation sites (tertiary alicyclic amines) is 1. The normalized spacial score (nSPS) is 18.5. The molecular weight excluding hydrogens is 437 g/mol. The molecule has 0 spiro atoms. The van der Waals surface area contributed by atoms with Gasteiger partial charge in [0.1, 0.15) is 12.4 Å². The molecule has 0 radical (unpaired) electrons. The summed E-state index contributed by atoms with van der Waals surface area (Å²) in [5, 5.41) is 0. The molecule has 0 bridgehead atoms. The van der Waals surface area contributed by atoms with Gasteiger partial charge in [-0.1, -0.05) is 30.3 Å². The van der Waals surface area contributed by atoms with Crippen molar-refractivity contribution in [2.24, 2.45) is 5.92 Å². The van der Waals surface area contributed by atoms with Crippen LogP contribution in [0, 0.1) is 5.92 Å². The minimum Gasteiger partial charge on any atom is -0.466 e. The number of nitrogens with zero attached hydrogens (tertiary/aromatic N) is 1. The Balaban J connectivity index is 2.04. The van der Waals surface area contributed by atoms with Gasteiger partial charge in [-0.2, -0.15) is 0 Å². The van der Waals surface area contributed by atoms with Gasteiger partial charge < -0.3 is 19.1 Å². The molecule has 178 valence electrons. The summed E-state index contributed by atoms with van der Waals surface area (Å²) in [7, 11) is -3.98. The Hall–Kier alpha value is -2.38. The summed E-state index contributed by atoms with van der Waals surface area (Å²) >= 11 is 0. The first kappa shape index (κ1) is 25.9. The van der Waals surface area contributed by atoms with Crippen molar-refractivity contribution in [1.29, 1.82) is 0 Å². The van der Waals surface area contributed by atoms with E-state index in [2.05, 4.69) is 0 Å². The molecule has 0 aromatic heterocycles. The Bertz CT molecular complexity index is 815. The van der Waals surface area contributed by atoms with Gasteiger partial charge in [0.05, 0.1) is 19.1 Å². The van der Waals surface area contributed by atoms with Gasteiger partial charge in [-0.15, -0.1) is 0 Å². The van der Waals surface area contributed by atoms with Gasteiger partial charge in [0.15, 0.2) is 0 Å². The average molecular weight is 469 g/mol. The molecule has 3 unspecified atom stereocenters. The largest absolute Gasteiger partial charge is 0.466 e. The lowest BCUT2D eigenvalue weighted by Gasteiger charge is -2.29. The Kier molecular flexibility index (Phi) is 10.2. The molecule has 9 nitrogen and oxygen atoms in total. The maximum absolute atomic E-state index is 13.3. The van der Waals surface area contributed by atoms with Crippen molar-refractivity contribution in [2.75, 3.05) is 25.9 Å². The van der Waals surface area contributed by atoms with Crippen LogP contribution in [0.25, 0.3) is 0 Å². The molecule has 1 amide bonds. The van der Waals surface area contributed by atoms with Crippen LogP contribution in [0.2, 0.25) is 0 Å². The van der Waals surface area contributed by atoms with Crippen LogP contribution in [-0.2, 0) is 35.0 Å². The van der Waals surface area contributed by atoms with E-state index in [0.717, 1.165) is 5.56 Å². The standard InChI is InChI=1S/C22H32NO8P/c1-3-29-20(24)13-12-18(21(25)30-4-2)16-32(27,28)19-11-8-14-23(19)22(26)31-15-17-9-6-5-7-10-17/h5-7,9-10,18-19H,3-4,8,11-16H2,1-2H3,(H,27,28). The molecule has 2 rings (SSSR count). The average Bonchev–Trinajstić information content (AvgIpc) is 3.27. The fourth-order valence-electron chi connectivity index (χ4n) is 3.69. The van der Waals surface area contributed by atoms with Gasteiger partial charge in [-0.3, -0.25) is 19.1 Å². The number of benzene rings is 1. The minimum atomic E-state index is -3.98. The molecular formula is C22H32NO8P. The Labute approximate surface area is 188 Å². The summed E-state index contributed by atoms with van der Waals surface area (Å²) in [6.07, 6.45) is -0.175. The highest BCUT2D eigenvalue weighted by Crippen LogP contribution is 2.53. The number of ether oxygens (including phenoxy) is 3. The van der Waals surface area contributed by atoms with E-state index in [4.69, 9.17) is 14.2 Å². The van der Waals surface area contributed by atoms with E-state index in [-0.39, 0.29) is 38.8 Å². The van der Waals surface area contributed by atoms with Crippen molar-refractivity contribution in [3.05, 3.63) is 35.9 Å². The van der Waals surface area contributed by atoms with Crippen LogP contribution in [0.3, 0.4) is 0 Å². The molecule has 1 aromatic rings. The molecule has 1 fully saturated rings. The van der Waals surface area contributed by atoms with Gasteiger partial charge in [0.25, 0.3) is 0 Å². The van der Waals surface area contributed by atoms with Gasteiger partial charge in [0.2, 0.25) is 7.37 Å². The second kappa shape index (κ2) is 12.6. The predicted octanol–water partition coefficient (Wildman–Crippen LogP) is 3.54. The van der Waals surface area contributed by atoms with Crippen LogP contribution in [0.4, 0.5) is 4.79 Å². The molecule has 10 heteroatoms. The van der Waals surface area contributed by atoms with Crippen molar-refractivity contribution in [2.45, 2.75) is 51.9 Å². The highest BCUT2D eigenvalue weighted by molar-refractivity contribution is 7.58. The van der Waals surface area contributed by atoms with Crippen molar-refractivity contribution >= 4 is 25.4 Å². The minimum absolute atomic E-state index is 0.0351. The second-order valence-electron chi connectivity index (χ2n) is 7.59. The topological polar surface area (TPSA) is 119 Å². The zero-order chi connectivity index (χ0) is 23.6. The Morgan fingerprint density at radius 2 is 1.81 bits per heavy atom. The van der Waals surface area contributed by atoms with Gasteiger partial charge >= 0.3 is 18.0 Å². The molecule has 1 heterocycles. The molecule has 1 aromatic carbocycles. The zero-order valence-corrected chi connectivity index (χ0v) is 19.5. The molecule has 0 saturated carbocycles. The van der Waals surface area contributed by atoms with Crippen molar-refractivity contribution in [3.8, 4) is 0 Å². The van der Waals surface area contributed by atoms with E-state index in [1.54, 1.807) is 13.8 Å². The lowest BCUT2D eigenvalue weighted by atomic mass is 10.1. The monoisotopic (exact) mass is 469 g/mol. The van der Waals surface area contributed by atoms with Crippen molar-refractivity contribution in [3.63, 3.8) is 0 Å². The van der Waals surface area contributed by atoms with E-state index in [9.17, 15) is 23.8 Å². The van der Waals surface area contributed by atoms with Crippen molar-refractivity contribution in [1.82, 2.24) is 4.90 Å². The van der Waals surface area contributed by atoms with E-state index in [1.807, 2.05) is 30.3 Å². The summed E-state index contributed by atoms with van der Waals surface area (Å²) in [6.45, 7) is 4.00. The third kappa shape index (κ3) is 7.64. The zero-order valence-electron chi connectivity index (χ0n) is 18.6. The van der Waals surface area contributed by atoms with Crippen LogP contribution in [0.5, 0.6) is 0 Å².